The number of rotatable bonds is 8. The van der Waals surface area contributed by atoms with Crippen LogP contribution in [0.2, 0.25) is 0 Å². The van der Waals surface area contributed by atoms with Gasteiger partial charge < -0.3 is 10.4 Å². The van der Waals surface area contributed by atoms with Gasteiger partial charge in [-0.25, -0.2) is 0 Å². The number of aliphatic hydroxyl groups is 1. The van der Waals surface area contributed by atoms with Crippen molar-refractivity contribution in [1.29, 1.82) is 0 Å². The average molecular weight is 249 g/mol. The van der Waals surface area contributed by atoms with E-state index in [9.17, 15) is 5.11 Å². The first-order valence-electron chi connectivity index (χ1n) is 7.14. The molecule has 0 spiro atoms. The zero-order chi connectivity index (χ0) is 13.4. The molecule has 18 heavy (non-hydrogen) atoms. The van der Waals surface area contributed by atoms with Gasteiger partial charge in [0.25, 0.3) is 0 Å². The average Bonchev–Trinajstić information content (AvgIpc) is 2.43. The summed E-state index contributed by atoms with van der Waals surface area (Å²) in [5.41, 5.74) is 2.61. The standard InChI is InChI=1S/C16H27NO/c1-4-9-14-10-7-8-11-15(14)17-12-16(5-2,6-3)13-18/h7-8,10-11,17-18H,4-6,9,12-13H2,1-3H3. The van der Waals surface area contributed by atoms with Gasteiger partial charge >= 0.3 is 0 Å². The molecule has 1 rings (SSSR count). The Morgan fingerprint density at radius 3 is 2.33 bits per heavy atom. The predicted molar refractivity (Wildman–Crippen MR) is 79.0 cm³/mol. The molecular formula is C16H27NO. The van der Waals surface area contributed by atoms with Gasteiger partial charge in [-0.15, -0.1) is 0 Å². The van der Waals surface area contributed by atoms with Gasteiger partial charge in [-0.2, -0.15) is 0 Å². The fraction of sp³-hybridized carbons (Fsp3) is 0.625. The summed E-state index contributed by atoms with van der Waals surface area (Å²) in [7, 11) is 0. The van der Waals surface area contributed by atoms with E-state index in [0.29, 0.717) is 0 Å². The van der Waals surface area contributed by atoms with E-state index >= 15 is 0 Å². The highest BCUT2D eigenvalue weighted by Gasteiger charge is 2.24. The Morgan fingerprint density at radius 2 is 1.78 bits per heavy atom. The zero-order valence-electron chi connectivity index (χ0n) is 12.0. The molecule has 0 heterocycles. The van der Waals surface area contributed by atoms with Crippen LogP contribution in [0.1, 0.15) is 45.6 Å². The molecule has 2 heteroatoms. The fourth-order valence-electron chi connectivity index (χ4n) is 2.24. The van der Waals surface area contributed by atoms with Crippen molar-refractivity contribution >= 4 is 5.69 Å². The molecule has 0 fully saturated rings. The predicted octanol–water partition coefficient (Wildman–Crippen LogP) is 3.85. The van der Waals surface area contributed by atoms with E-state index in [4.69, 9.17) is 0 Å². The maximum absolute atomic E-state index is 9.59. The van der Waals surface area contributed by atoms with Crippen LogP contribution < -0.4 is 5.32 Å². The molecule has 0 unspecified atom stereocenters. The van der Waals surface area contributed by atoms with E-state index in [1.54, 1.807) is 0 Å². The molecule has 0 bridgehead atoms. The minimum Gasteiger partial charge on any atom is -0.396 e. The molecule has 0 radical (unpaired) electrons. The van der Waals surface area contributed by atoms with Crippen LogP contribution in [0.3, 0.4) is 0 Å². The fourth-order valence-corrected chi connectivity index (χ4v) is 2.24. The molecule has 1 aromatic rings. The summed E-state index contributed by atoms with van der Waals surface area (Å²) in [6.07, 6.45) is 4.27. The number of benzene rings is 1. The van der Waals surface area contributed by atoms with Crippen LogP contribution in [0, 0.1) is 5.41 Å². The molecule has 0 saturated carbocycles. The number of nitrogens with one attached hydrogen (secondary N) is 1. The first kappa shape index (κ1) is 15.0. The SMILES string of the molecule is CCCc1ccccc1NCC(CC)(CC)CO. The van der Waals surface area contributed by atoms with E-state index in [0.717, 1.165) is 32.2 Å². The van der Waals surface area contributed by atoms with E-state index in [1.807, 2.05) is 0 Å². The van der Waals surface area contributed by atoms with Gasteiger partial charge in [0.1, 0.15) is 0 Å². The van der Waals surface area contributed by atoms with Crippen LogP contribution >= 0.6 is 0 Å². The first-order chi connectivity index (χ1) is 8.71. The lowest BCUT2D eigenvalue weighted by atomic mass is 9.83. The van der Waals surface area contributed by atoms with Crippen molar-refractivity contribution in [2.24, 2.45) is 5.41 Å². The summed E-state index contributed by atoms with van der Waals surface area (Å²) in [5, 5.41) is 13.1. The summed E-state index contributed by atoms with van der Waals surface area (Å²) in [6.45, 7) is 7.60. The number of aryl methyl sites for hydroxylation is 1. The van der Waals surface area contributed by atoms with Gasteiger partial charge in [0.2, 0.25) is 0 Å². The molecule has 0 aliphatic carbocycles. The van der Waals surface area contributed by atoms with Crippen molar-refractivity contribution in [2.45, 2.75) is 46.5 Å². The van der Waals surface area contributed by atoms with Gasteiger partial charge in [0, 0.05) is 17.6 Å². The van der Waals surface area contributed by atoms with E-state index in [1.165, 1.54) is 11.3 Å². The van der Waals surface area contributed by atoms with Crippen LogP contribution in [0.4, 0.5) is 5.69 Å². The van der Waals surface area contributed by atoms with Crippen LogP contribution in [-0.2, 0) is 6.42 Å². The maximum Gasteiger partial charge on any atom is 0.0504 e. The summed E-state index contributed by atoms with van der Waals surface area (Å²) in [6, 6.07) is 8.48. The van der Waals surface area contributed by atoms with Crippen LogP contribution in [-0.4, -0.2) is 18.3 Å². The molecule has 0 aliphatic rings. The lowest BCUT2D eigenvalue weighted by molar-refractivity contribution is 0.127. The van der Waals surface area contributed by atoms with Crippen molar-refractivity contribution in [1.82, 2.24) is 0 Å². The van der Waals surface area contributed by atoms with Crippen LogP contribution in [0.15, 0.2) is 24.3 Å². The molecule has 0 atom stereocenters. The second kappa shape index (κ2) is 7.42. The summed E-state index contributed by atoms with van der Waals surface area (Å²) in [4.78, 5) is 0. The van der Waals surface area contributed by atoms with Gasteiger partial charge in [0.15, 0.2) is 0 Å². The summed E-state index contributed by atoms with van der Waals surface area (Å²) >= 11 is 0. The van der Waals surface area contributed by atoms with Crippen molar-refractivity contribution in [2.75, 3.05) is 18.5 Å². The lowest BCUT2D eigenvalue weighted by Gasteiger charge is -2.30. The Hall–Kier alpha value is -1.02. The van der Waals surface area contributed by atoms with Crippen molar-refractivity contribution in [3.8, 4) is 0 Å². The topological polar surface area (TPSA) is 32.3 Å². The third-order valence-electron chi connectivity index (χ3n) is 4.03. The normalized spacial score (nSPS) is 11.6. The third-order valence-corrected chi connectivity index (χ3v) is 4.03. The molecule has 2 N–H and O–H groups in total. The molecular weight excluding hydrogens is 222 g/mol. The first-order valence-corrected chi connectivity index (χ1v) is 7.14. The smallest absolute Gasteiger partial charge is 0.0504 e. The Balaban J connectivity index is 2.72. The Labute approximate surface area is 111 Å². The zero-order valence-corrected chi connectivity index (χ0v) is 12.0. The Kier molecular flexibility index (Phi) is 6.20. The summed E-state index contributed by atoms with van der Waals surface area (Å²) < 4.78 is 0. The number of anilines is 1. The van der Waals surface area contributed by atoms with Gasteiger partial charge in [-0.1, -0.05) is 45.4 Å². The number of hydrogen-bond donors (Lipinski definition) is 2. The highest BCUT2D eigenvalue weighted by molar-refractivity contribution is 5.51. The van der Waals surface area contributed by atoms with E-state index in [-0.39, 0.29) is 12.0 Å². The van der Waals surface area contributed by atoms with Crippen molar-refractivity contribution in [3.05, 3.63) is 29.8 Å². The monoisotopic (exact) mass is 249 g/mol. The molecule has 0 aliphatic heterocycles. The molecule has 0 amide bonds. The Morgan fingerprint density at radius 1 is 1.11 bits per heavy atom. The Bertz CT molecular complexity index is 336. The number of aliphatic hydroxyl groups excluding tert-OH is 1. The van der Waals surface area contributed by atoms with E-state index < -0.39 is 0 Å². The van der Waals surface area contributed by atoms with Crippen LogP contribution in [0.5, 0.6) is 0 Å². The molecule has 0 aromatic heterocycles. The lowest BCUT2D eigenvalue weighted by Crippen LogP contribution is -2.32. The van der Waals surface area contributed by atoms with Gasteiger partial charge in [0.05, 0.1) is 6.61 Å². The quantitative estimate of drug-likeness (QED) is 0.733. The largest absolute Gasteiger partial charge is 0.396 e. The third kappa shape index (κ3) is 3.74. The molecule has 1 aromatic carbocycles. The number of hydrogen-bond acceptors (Lipinski definition) is 2. The minimum absolute atomic E-state index is 0.0132. The van der Waals surface area contributed by atoms with E-state index in [2.05, 4.69) is 50.4 Å². The highest BCUT2D eigenvalue weighted by atomic mass is 16.3. The highest BCUT2D eigenvalue weighted by Crippen LogP contribution is 2.27. The molecule has 0 saturated heterocycles. The second-order valence-electron chi connectivity index (χ2n) is 5.13. The van der Waals surface area contributed by atoms with Crippen LogP contribution in [0.25, 0.3) is 0 Å². The van der Waals surface area contributed by atoms with Crippen molar-refractivity contribution < 1.29 is 5.11 Å². The molecule has 2 nitrogen and oxygen atoms in total. The van der Waals surface area contributed by atoms with Gasteiger partial charge in [-0.05, 0) is 30.9 Å². The second-order valence-corrected chi connectivity index (χ2v) is 5.13. The number of para-hydroxylation sites is 1. The summed E-state index contributed by atoms with van der Waals surface area (Å²) in [5.74, 6) is 0. The van der Waals surface area contributed by atoms with Crippen molar-refractivity contribution in [3.63, 3.8) is 0 Å². The maximum atomic E-state index is 9.59. The van der Waals surface area contributed by atoms with Gasteiger partial charge in [-0.3, -0.25) is 0 Å². The molecule has 102 valence electrons. The minimum atomic E-state index is 0.0132.